The topological polar surface area (TPSA) is 0 Å². The first-order chi connectivity index (χ1) is 2.56. The van der Waals surface area contributed by atoms with Crippen LogP contribution >= 0.6 is 0 Å². The largest absolute Gasteiger partial charge is 0.331 e. The van der Waals surface area contributed by atoms with E-state index in [1.807, 2.05) is 0 Å². The molecule has 0 aliphatic heterocycles. The molecule has 41 valence electrons. The van der Waals surface area contributed by atoms with Crippen LogP contribution in [0, 0.1) is 0 Å². The van der Waals surface area contributed by atoms with Gasteiger partial charge < -0.3 is 4.48 Å². The summed E-state index contributed by atoms with van der Waals surface area (Å²) in [5.74, 6) is 0. The number of quaternary nitrogens is 1. The van der Waals surface area contributed by atoms with Crippen molar-refractivity contribution < 1.29 is 37.2 Å². The number of nitrogens with zero attached hydrogens (tertiary/aromatic N) is 1. The summed E-state index contributed by atoms with van der Waals surface area (Å²) in [6.07, 6.45) is 0. The maximum absolute atomic E-state index is 2.18. The minimum atomic E-state index is 0. The van der Waals surface area contributed by atoms with Crippen molar-refractivity contribution in [2.75, 3.05) is 27.7 Å². The van der Waals surface area contributed by atoms with Gasteiger partial charge in [0, 0.05) is 32.7 Å². The molecule has 0 aromatic heterocycles. The normalized spacial score (nSPS) is 10.3. The van der Waals surface area contributed by atoms with Gasteiger partial charge in [-0.15, -0.1) is 0 Å². The Morgan fingerprint density at radius 3 is 1.29 bits per heavy atom. The van der Waals surface area contributed by atoms with Gasteiger partial charge in [0.05, 0.1) is 27.7 Å². The van der Waals surface area contributed by atoms with Crippen molar-refractivity contribution in [3.05, 3.63) is 0 Å². The van der Waals surface area contributed by atoms with Crippen molar-refractivity contribution in [1.29, 1.82) is 0 Å². The van der Waals surface area contributed by atoms with Gasteiger partial charge in [-0.2, -0.15) is 0 Å². The summed E-state index contributed by atoms with van der Waals surface area (Å²) in [4.78, 5) is 0. The molecule has 0 unspecified atom stereocenters. The van der Waals surface area contributed by atoms with Gasteiger partial charge in [-0.1, -0.05) is 0 Å². The van der Waals surface area contributed by atoms with E-state index in [0.29, 0.717) is 0 Å². The molecule has 0 spiro atoms. The Morgan fingerprint density at radius 2 is 1.29 bits per heavy atom. The average molecular weight is 177 g/mol. The van der Waals surface area contributed by atoms with Gasteiger partial charge in [-0.25, -0.2) is 0 Å². The molecule has 0 fully saturated rings. The minimum absolute atomic E-state index is 0. The van der Waals surface area contributed by atoms with E-state index in [1.54, 1.807) is 0 Å². The molecule has 0 bridgehead atoms. The van der Waals surface area contributed by atoms with Crippen molar-refractivity contribution >= 4 is 0 Å². The SMILES string of the molecule is CC[N+](C)(C)C.[Y]. The molecule has 1 nitrogen and oxygen atoms in total. The van der Waals surface area contributed by atoms with Crippen molar-refractivity contribution in [2.24, 2.45) is 0 Å². The Labute approximate surface area is 71.6 Å². The monoisotopic (exact) mass is 177 g/mol. The summed E-state index contributed by atoms with van der Waals surface area (Å²) in [6.45, 7) is 3.39. The van der Waals surface area contributed by atoms with Gasteiger partial charge >= 0.3 is 0 Å². The first kappa shape index (κ1) is 10.9. The van der Waals surface area contributed by atoms with E-state index in [2.05, 4.69) is 28.1 Å². The van der Waals surface area contributed by atoms with Crippen molar-refractivity contribution in [1.82, 2.24) is 0 Å². The molecule has 0 N–H and O–H groups in total. The van der Waals surface area contributed by atoms with Crippen LogP contribution < -0.4 is 0 Å². The molecule has 0 amide bonds. The van der Waals surface area contributed by atoms with Crippen LogP contribution in [0.25, 0.3) is 0 Å². The molecule has 0 aliphatic carbocycles. The Morgan fingerprint density at radius 1 is 1.14 bits per heavy atom. The first-order valence-corrected chi connectivity index (χ1v) is 2.36. The van der Waals surface area contributed by atoms with Crippen LogP contribution in [0.1, 0.15) is 6.92 Å². The van der Waals surface area contributed by atoms with Crippen LogP contribution in [-0.2, 0) is 32.7 Å². The number of rotatable bonds is 1. The summed E-state index contributed by atoms with van der Waals surface area (Å²) in [7, 11) is 6.54. The molecule has 0 atom stereocenters. The Kier molecular flexibility index (Phi) is 6.24. The average Bonchev–Trinajstić information content (AvgIpc) is 1.35. The molecule has 2 heteroatoms. The molecule has 0 aromatic carbocycles. The van der Waals surface area contributed by atoms with E-state index in [-0.39, 0.29) is 32.7 Å². The Bertz CT molecular complexity index is 37.8. The molecule has 7 heavy (non-hydrogen) atoms. The maximum atomic E-state index is 2.18. The third kappa shape index (κ3) is 11.0. The van der Waals surface area contributed by atoms with Gasteiger partial charge in [0.15, 0.2) is 0 Å². The molecule has 0 aromatic rings. The van der Waals surface area contributed by atoms with Crippen LogP contribution in [0.2, 0.25) is 0 Å². The first-order valence-electron chi connectivity index (χ1n) is 2.36. The summed E-state index contributed by atoms with van der Waals surface area (Å²) in [5.41, 5.74) is 0. The fraction of sp³-hybridized carbons (Fsp3) is 1.00. The predicted octanol–water partition coefficient (Wildman–Crippen LogP) is 0.710. The van der Waals surface area contributed by atoms with Crippen molar-refractivity contribution in [3.8, 4) is 0 Å². The van der Waals surface area contributed by atoms with Crippen molar-refractivity contribution in [3.63, 3.8) is 0 Å². The standard InChI is InChI=1S/C5H14N.Y/c1-5-6(2,3)4;/h5H2,1-4H3;/q+1;. The third-order valence-electron chi connectivity index (χ3n) is 0.949. The summed E-state index contributed by atoms with van der Waals surface area (Å²) in [5, 5.41) is 0. The summed E-state index contributed by atoms with van der Waals surface area (Å²) in [6, 6.07) is 0. The van der Waals surface area contributed by atoms with Crippen molar-refractivity contribution in [2.45, 2.75) is 6.92 Å². The van der Waals surface area contributed by atoms with E-state index in [0.717, 1.165) is 4.48 Å². The molecular weight excluding hydrogens is 163 g/mol. The quantitative estimate of drug-likeness (QED) is 0.517. The fourth-order valence-corrected chi connectivity index (χ4v) is 0. The van der Waals surface area contributed by atoms with Gasteiger partial charge in [-0.05, 0) is 6.92 Å². The van der Waals surface area contributed by atoms with Crippen LogP contribution in [0.15, 0.2) is 0 Å². The molecular formula is C5H14NY+. The number of hydrogen-bond acceptors (Lipinski definition) is 0. The Balaban J connectivity index is 0. The van der Waals surface area contributed by atoms with E-state index < -0.39 is 0 Å². The molecule has 0 saturated carbocycles. The zero-order valence-corrected chi connectivity index (χ0v) is 8.57. The van der Waals surface area contributed by atoms with E-state index >= 15 is 0 Å². The smallest absolute Gasteiger partial charge is 0.0751 e. The fourth-order valence-electron chi connectivity index (χ4n) is 0. The van der Waals surface area contributed by atoms with E-state index in [4.69, 9.17) is 0 Å². The van der Waals surface area contributed by atoms with Gasteiger partial charge in [-0.3, -0.25) is 0 Å². The summed E-state index contributed by atoms with van der Waals surface area (Å²) < 4.78 is 1.07. The van der Waals surface area contributed by atoms with Gasteiger partial charge in [0.1, 0.15) is 0 Å². The second kappa shape index (κ2) is 3.99. The zero-order chi connectivity index (χ0) is 5.21. The second-order valence-electron chi connectivity index (χ2n) is 2.61. The molecule has 1 radical (unpaired) electrons. The van der Waals surface area contributed by atoms with Crippen LogP contribution in [-0.4, -0.2) is 32.2 Å². The third-order valence-corrected chi connectivity index (χ3v) is 0.949. The van der Waals surface area contributed by atoms with Crippen LogP contribution in [0.4, 0.5) is 0 Å². The summed E-state index contributed by atoms with van der Waals surface area (Å²) >= 11 is 0. The molecule has 0 saturated heterocycles. The van der Waals surface area contributed by atoms with E-state index in [1.165, 1.54) is 6.54 Å². The molecule has 0 rings (SSSR count). The van der Waals surface area contributed by atoms with Gasteiger partial charge in [0.2, 0.25) is 0 Å². The molecule has 0 aliphatic rings. The minimum Gasteiger partial charge on any atom is -0.331 e. The van der Waals surface area contributed by atoms with Crippen LogP contribution in [0.5, 0.6) is 0 Å². The molecule has 0 heterocycles. The predicted molar refractivity (Wildman–Crippen MR) is 28.6 cm³/mol. The van der Waals surface area contributed by atoms with E-state index in [9.17, 15) is 0 Å². The zero-order valence-electron chi connectivity index (χ0n) is 5.73. The maximum Gasteiger partial charge on any atom is 0.0751 e. The van der Waals surface area contributed by atoms with Gasteiger partial charge in [0.25, 0.3) is 0 Å². The number of hydrogen-bond donors (Lipinski definition) is 0. The van der Waals surface area contributed by atoms with Crippen LogP contribution in [0.3, 0.4) is 0 Å². The Hall–Kier alpha value is 1.06. The second-order valence-corrected chi connectivity index (χ2v) is 2.61.